The number of H-pyrrole nitrogens is 1. The van der Waals surface area contributed by atoms with E-state index < -0.39 is 5.43 Å². The Morgan fingerprint density at radius 2 is 1.76 bits per heavy atom. The highest BCUT2D eigenvalue weighted by Gasteiger charge is 2.22. The summed E-state index contributed by atoms with van der Waals surface area (Å²) in [6.45, 7) is 7.25. The number of phenols is 2. The van der Waals surface area contributed by atoms with E-state index >= 15 is 0 Å². The van der Waals surface area contributed by atoms with Crippen molar-refractivity contribution in [2.24, 2.45) is 0 Å². The molecule has 0 spiro atoms. The number of hydrogen-bond donors (Lipinski definition) is 4. The minimum absolute atomic E-state index is 0.0406. The maximum absolute atomic E-state index is 12.9. The summed E-state index contributed by atoms with van der Waals surface area (Å²) in [4.78, 5) is 15.2. The van der Waals surface area contributed by atoms with Gasteiger partial charge in [0.15, 0.2) is 22.5 Å². The number of nitrogens with zero attached hydrogens (tertiary/aromatic N) is 2. The van der Waals surface area contributed by atoms with Gasteiger partial charge in [-0.25, -0.2) is 0 Å². The first-order valence-corrected chi connectivity index (χ1v) is 10.7. The Morgan fingerprint density at radius 1 is 1.03 bits per heavy atom. The third-order valence-corrected chi connectivity index (χ3v) is 5.81. The molecule has 5 rings (SSSR count). The van der Waals surface area contributed by atoms with Gasteiger partial charge in [0, 0.05) is 49.6 Å². The number of aryl methyl sites for hydroxylation is 2. The number of aromatic hydroxyl groups is 2. The van der Waals surface area contributed by atoms with Crippen LogP contribution in [-0.4, -0.2) is 46.6 Å². The monoisotopic (exact) mass is 448 g/mol. The Hall–Kier alpha value is -3.98. The summed E-state index contributed by atoms with van der Waals surface area (Å²) in [5.41, 5.74) is 2.53. The van der Waals surface area contributed by atoms with Gasteiger partial charge in [-0.05, 0) is 38.1 Å². The minimum atomic E-state index is -0.444. The maximum atomic E-state index is 12.9. The van der Waals surface area contributed by atoms with E-state index in [4.69, 9.17) is 9.15 Å². The van der Waals surface area contributed by atoms with Gasteiger partial charge in [-0.1, -0.05) is 0 Å². The highest BCUT2D eigenvalue weighted by Crippen LogP contribution is 2.43. The largest absolute Gasteiger partial charge is 0.507 e. The van der Waals surface area contributed by atoms with Gasteiger partial charge < -0.3 is 29.6 Å². The molecule has 0 radical (unpaired) electrons. The molecule has 4 aromatic rings. The molecule has 3 heterocycles. The molecule has 0 unspecified atom stereocenters. The van der Waals surface area contributed by atoms with Crippen LogP contribution in [0.1, 0.15) is 11.4 Å². The van der Waals surface area contributed by atoms with Crippen LogP contribution in [0.3, 0.4) is 0 Å². The van der Waals surface area contributed by atoms with Gasteiger partial charge in [0.25, 0.3) is 0 Å². The third-order valence-electron chi connectivity index (χ3n) is 5.81. The highest BCUT2D eigenvalue weighted by molar-refractivity contribution is 5.92. The Labute approximate surface area is 189 Å². The van der Waals surface area contributed by atoms with Crippen LogP contribution in [0, 0.1) is 13.8 Å². The number of nitrogens with one attached hydrogen (secondary N) is 2. The van der Waals surface area contributed by atoms with E-state index in [1.165, 1.54) is 6.07 Å². The quantitative estimate of drug-likeness (QED) is 0.374. The number of phenolic OH excluding ortho intramolecular Hbond substituents is 2. The smallest absolute Gasteiger partial charge is 0.212 e. The summed E-state index contributed by atoms with van der Waals surface area (Å²) in [7, 11) is 0. The SMILES string of the molecule is Cc1n[nH]c(C)c1Oc1c(O)cc(O)c2c(=O)cc(-c3ccc(N4CCNCC4)cc3)oc12. The van der Waals surface area contributed by atoms with Crippen LogP contribution in [0.5, 0.6) is 23.0 Å². The van der Waals surface area contributed by atoms with Crippen molar-refractivity contribution in [2.75, 3.05) is 31.1 Å². The van der Waals surface area contributed by atoms with Crippen LogP contribution < -0.4 is 20.4 Å². The molecule has 1 fully saturated rings. The molecule has 0 aliphatic carbocycles. The Balaban J connectivity index is 1.60. The number of rotatable bonds is 4. The zero-order valence-corrected chi connectivity index (χ0v) is 18.3. The molecule has 2 aromatic carbocycles. The van der Waals surface area contributed by atoms with E-state index in [1.807, 2.05) is 24.3 Å². The molecule has 9 heteroatoms. The zero-order valence-electron chi connectivity index (χ0n) is 18.3. The van der Waals surface area contributed by atoms with Crippen molar-refractivity contribution in [3.63, 3.8) is 0 Å². The number of aromatic amines is 1. The van der Waals surface area contributed by atoms with E-state index in [9.17, 15) is 15.0 Å². The fourth-order valence-corrected chi connectivity index (χ4v) is 4.07. The predicted molar refractivity (Wildman–Crippen MR) is 124 cm³/mol. The lowest BCUT2D eigenvalue weighted by atomic mass is 10.1. The van der Waals surface area contributed by atoms with Gasteiger partial charge in [0.05, 0.1) is 5.69 Å². The first kappa shape index (κ1) is 20.9. The molecule has 4 N–H and O–H groups in total. The molecule has 1 saturated heterocycles. The number of anilines is 1. The van der Waals surface area contributed by atoms with E-state index in [-0.39, 0.29) is 28.2 Å². The third kappa shape index (κ3) is 3.76. The van der Waals surface area contributed by atoms with Crippen LogP contribution in [0.15, 0.2) is 45.6 Å². The second-order valence-corrected chi connectivity index (χ2v) is 8.07. The zero-order chi connectivity index (χ0) is 23.1. The molecular weight excluding hydrogens is 424 g/mol. The molecule has 33 heavy (non-hydrogen) atoms. The topological polar surface area (TPSA) is 124 Å². The second kappa shape index (κ2) is 8.18. The second-order valence-electron chi connectivity index (χ2n) is 8.07. The first-order chi connectivity index (χ1) is 15.9. The van der Waals surface area contributed by atoms with E-state index in [0.717, 1.165) is 37.9 Å². The lowest BCUT2D eigenvalue weighted by Crippen LogP contribution is -2.43. The van der Waals surface area contributed by atoms with Crippen LogP contribution in [0.4, 0.5) is 5.69 Å². The van der Waals surface area contributed by atoms with E-state index in [1.54, 1.807) is 13.8 Å². The molecule has 0 amide bonds. The maximum Gasteiger partial charge on any atom is 0.212 e. The number of fused-ring (bicyclic) bond motifs is 1. The van der Waals surface area contributed by atoms with E-state index in [0.29, 0.717) is 28.5 Å². The Morgan fingerprint density at radius 3 is 2.42 bits per heavy atom. The van der Waals surface area contributed by atoms with Crippen LogP contribution in [0.25, 0.3) is 22.3 Å². The summed E-state index contributed by atoms with van der Waals surface area (Å²) >= 11 is 0. The molecule has 170 valence electrons. The Bertz CT molecular complexity index is 1370. The molecule has 0 saturated carbocycles. The fraction of sp³-hybridized carbons (Fsp3) is 0.250. The van der Waals surface area contributed by atoms with Gasteiger partial charge in [0.1, 0.15) is 22.6 Å². The predicted octanol–water partition coefficient (Wildman–Crippen LogP) is 3.41. The molecule has 1 aliphatic heterocycles. The molecule has 2 aromatic heterocycles. The number of piperazine rings is 1. The van der Waals surface area contributed by atoms with Crippen molar-refractivity contribution >= 4 is 16.7 Å². The summed E-state index contributed by atoms with van der Waals surface area (Å²) in [5.74, 6) is -0.0912. The average molecular weight is 448 g/mol. The van der Waals surface area contributed by atoms with Gasteiger partial charge in [-0.2, -0.15) is 5.10 Å². The fourth-order valence-electron chi connectivity index (χ4n) is 4.07. The standard InChI is InChI=1S/C24H24N4O5/c1-13-22(14(2)27-26-13)33-23-19(31)11-17(29)21-18(30)12-20(32-24(21)23)15-3-5-16(6-4-15)28-9-7-25-8-10-28/h3-6,11-12,25,29,31H,7-10H2,1-2H3,(H,26,27). The molecule has 1 aliphatic rings. The molecule has 0 atom stereocenters. The highest BCUT2D eigenvalue weighted by atomic mass is 16.5. The summed E-state index contributed by atoms with van der Waals surface area (Å²) in [6.07, 6.45) is 0. The molecule has 0 bridgehead atoms. The number of benzene rings is 2. The van der Waals surface area contributed by atoms with Gasteiger partial charge in [-0.3, -0.25) is 9.89 Å². The van der Waals surface area contributed by atoms with Gasteiger partial charge in [-0.15, -0.1) is 0 Å². The number of ether oxygens (including phenoxy) is 1. The normalized spacial score (nSPS) is 14.1. The van der Waals surface area contributed by atoms with Crippen molar-refractivity contribution in [2.45, 2.75) is 13.8 Å². The van der Waals surface area contributed by atoms with Gasteiger partial charge >= 0.3 is 0 Å². The minimum Gasteiger partial charge on any atom is -0.507 e. The van der Waals surface area contributed by atoms with Gasteiger partial charge in [0.2, 0.25) is 5.75 Å². The van der Waals surface area contributed by atoms with Crippen molar-refractivity contribution in [1.82, 2.24) is 15.5 Å². The first-order valence-electron chi connectivity index (χ1n) is 10.7. The summed E-state index contributed by atoms with van der Waals surface area (Å²) in [6, 6.07) is 10.1. The van der Waals surface area contributed by atoms with Crippen molar-refractivity contribution in [3.05, 3.63) is 58.0 Å². The van der Waals surface area contributed by atoms with Crippen molar-refractivity contribution in [3.8, 4) is 34.3 Å². The van der Waals surface area contributed by atoms with Crippen LogP contribution >= 0.6 is 0 Å². The van der Waals surface area contributed by atoms with Crippen LogP contribution in [-0.2, 0) is 0 Å². The van der Waals surface area contributed by atoms with Crippen molar-refractivity contribution < 1.29 is 19.4 Å². The lowest BCUT2D eigenvalue weighted by molar-refractivity contribution is 0.399. The summed E-state index contributed by atoms with van der Waals surface area (Å²) in [5, 5.41) is 31.0. The lowest BCUT2D eigenvalue weighted by Gasteiger charge is -2.29. The molecule has 9 nitrogen and oxygen atoms in total. The van der Waals surface area contributed by atoms with Crippen molar-refractivity contribution in [1.29, 1.82) is 0 Å². The van der Waals surface area contributed by atoms with Crippen LogP contribution in [0.2, 0.25) is 0 Å². The number of aromatic nitrogens is 2. The Kier molecular flexibility index (Phi) is 5.18. The number of hydrogen-bond acceptors (Lipinski definition) is 8. The van der Waals surface area contributed by atoms with E-state index in [2.05, 4.69) is 20.4 Å². The summed E-state index contributed by atoms with van der Waals surface area (Å²) < 4.78 is 12.0. The average Bonchev–Trinajstić information content (AvgIpc) is 3.13. The molecular formula is C24H24N4O5.